The predicted molar refractivity (Wildman–Crippen MR) is 134 cm³/mol. The van der Waals surface area contributed by atoms with E-state index in [0.29, 0.717) is 17.4 Å². The number of methoxy groups -OCH3 is 1. The van der Waals surface area contributed by atoms with Crippen LogP contribution in [0.3, 0.4) is 0 Å². The standard InChI is InChI=1S/C25H31N5O2S/c1-7-30-23(19-8-12-20(13-9-19)25(3,4)5)28-29-24(30)33-16-22(31)27-26-17(2)18-10-14-21(32-6)15-11-18/h8-15H,7,16H2,1-6H3,(H,27,31). The molecule has 1 heterocycles. The highest BCUT2D eigenvalue weighted by molar-refractivity contribution is 7.99. The van der Waals surface area contributed by atoms with E-state index in [4.69, 9.17) is 4.74 Å². The highest BCUT2D eigenvalue weighted by atomic mass is 32.2. The molecule has 0 atom stereocenters. The monoisotopic (exact) mass is 465 g/mol. The predicted octanol–water partition coefficient (Wildman–Crippen LogP) is 4.90. The van der Waals surface area contributed by atoms with Gasteiger partial charge in [0.25, 0.3) is 5.91 Å². The van der Waals surface area contributed by atoms with Gasteiger partial charge in [-0.1, -0.05) is 56.8 Å². The third kappa shape index (κ3) is 6.22. The van der Waals surface area contributed by atoms with Gasteiger partial charge in [-0.3, -0.25) is 4.79 Å². The Morgan fingerprint density at radius 3 is 2.33 bits per heavy atom. The molecule has 0 aliphatic heterocycles. The quantitative estimate of drug-likeness (QED) is 0.291. The number of hydrogen-bond acceptors (Lipinski definition) is 6. The zero-order chi connectivity index (χ0) is 24.0. The third-order valence-electron chi connectivity index (χ3n) is 5.23. The maximum Gasteiger partial charge on any atom is 0.250 e. The van der Waals surface area contributed by atoms with Crippen molar-refractivity contribution in [1.29, 1.82) is 0 Å². The number of aromatic nitrogens is 3. The lowest BCUT2D eigenvalue weighted by atomic mass is 9.87. The lowest BCUT2D eigenvalue weighted by Gasteiger charge is -2.19. The van der Waals surface area contributed by atoms with Crippen LogP contribution in [-0.4, -0.2) is 39.2 Å². The molecule has 0 saturated carbocycles. The van der Waals surface area contributed by atoms with Crippen LogP contribution in [0.25, 0.3) is 11.4 Å². The number of benzene rings is 2. The normalized spacial score (nSPS) is 12.0. The van der Waals surface area contributed by atoms with Crippen molar-refractivity contribution in [2.75, 3.05) is 12.9 Å². The second-order valence-corrected chi connectivity index (χ2v) is 9.57. The van der Waals surface area contributed by atoms with Crippen LogP contribution in [0.1, 0.15) is 45.7 Å². The summed E-state index contributed by atoms with van der Waals surface area (Å²) in [7, 11) is 1.62. The van der Waals surface area contributed by atoms with Crippen molar-refractivity contribution in [2.24, 2.45) is 5.10 Å². The molecule has 0 fully saturated rings. The van der Waals surface area contributed by atoms with Gasteiger partial charge in [0.1, 0.15) is 5.75 Å². The van der Waals surface area contributed by atoms with Crippen molar-refractivity contribution in [3.63, 3.8) is 0 Å². The molecule has 1 amide bonds. The summed E-state index contributed by atoms with van der Waals surface area (Å²) in [5.41, 5.74) is 6.62. The van der Waals surface area contributed by atoms with Crippen molar-refractivity contribution >= 4 is 23.4 Å². The summed E-state index contributed by atoms with van der Waals surface area (Å²) in [6.45, 7) is 11.2. The van der Waals surface area contributed by atoms with Crippen molar-refractivity contribution in [3.05, 3.63) is 59.7 Å². The van der Waals surface area contributed by atoms with E-state index in [1.165, 1.54) is 17.3 Å². The summed E-state index contributed by atoms with van der Waals surface area (Å²) in [5.74, 6) is 1.57. The highest BCUT2D eigenvalue weighted by Gasteiger charge is 2.17. The Bertz CT molecular complexity index is 1110. The van der Waals surface area contributed by atoms with Gasteiger partial charge in [0.15, 0.2) is 11.0 Å². The number of nitrogens with one attached hydrogen (secondary N) is 1. The topological polar surface area (TPSA) is 81.4 Å². The Hall–Kier alpha value is -3.13. The van der Waals surface area contributed by atoms with E-state index >= 15 is 0 Å². The zero-order valence-electron chi connectivity index (χ0n) is 20.0. The van der Waals surface area contributed by atoms with Gasteiger partial charge in [-0.2, -0.15) is 5.10 Å². The molecule has 2 aromatic carbocycles. The number of rotatable bonds is 8. The molecular formula is C25H31N5O2S. The minimum atomic E-state index is -0.199. The van der Waals surface area contributed by atoms with E-state index in [1.807, 2.05) is 42.7 Å². The molecule has 174 valence electrons. The van der Waals surface area contributed by atoms with Crippen LogP contribution in [0.4, 0.5) is 0 Å². The summed E-state index contributed by atoms with van der Waals surface area (Å²) in [5, 5.41) is 13.6. The van der Waals surface area contributed by atoms with Gasteiger partial charge in [-0.05, 0) is 54.7 Å². The van der Waals surface area contributed by atoms with Gasteiger partial charge in [0.2, 0.25) is 0 Å². The third-order valence-corrected chi connectivity index (χ3v) is 6.20. The van der Waals surface area contributed by atoms with Crippen LogP contribution in [0.5, 0.6) is 5.75 Å². The molecule has 0 aliphatic rings. The fourth-order valence-electron chi connectivity index (χ4n) is 3.22. The van der Waals surface area contributed by atoms with Crippen molar-refractivity contribution in [3.8, 4) is 17.1 Å². The van der Waals surface area contributed by atoms with Gasteiger partial charge < -0.3 is 9.30 Å². The Balaban J connectivity index is 1.63. The van der Waals surface area contributed by atoms with Gasteiger partial charge in [0.05, 0.1) is 18.6 Å². The summed E-state index contributed by atoms with van der Waals surface area (Å²) in [6, 6.07) is 15.9. The van der Waals surface area contributed by atoms with Crippen LogP contribution in [0.2, 0.25) is 0 Å². The molecule has 3 aromatic rings. The summed E-state index contributed by atoms with van der Waals surface area (Å²) >= 11 is 1.35. The zero-order valence-corrected chi connectivity index (χ0v) is 20.9. The lowest BCUT2D eigenvalue weighted by molar-refractivity contribution is -0.118. The van der Waals surface area contributed by atoms with Crippen molar-refractivity contribution < 1.29 is 9.53 Å². The van der Waals surface area contributed by atoms with Crippen molar-refractivity contribution in [1.82, 2.24) is 20.2 Å². The van der Waals surface area contributed by atoms with E-state index in [-0.39, 0.29) is 17.1 Å². The van der Waals surface area contributed by atoms with Crippen LogP contribution >= 0.6 is 11.8 Å². The molecule has 33 heavy (non-hydrogen) atoms. The number of carbonyl (C=O) groups is 1. The molecule has 0 unspecified atom stereocenters. The summed E-state index contributed by atoms with van der Waals surface area (Å²) < 4.78 is 7.19. The molecule has 8 heteroatoms. The number of nitrogens with zero attached hydrogens (tertiary/aromatic N) is 4. The number of thioether (sulfide) groups is 1. The number of amides is 1. The number of carbonyl (C=O) groups excluding carboxylic acids is 1. The molecular weight excluding hydrogens is 434 g/mol. The Morgan fingerprint density at radius 2 is 1.76 bits per heavy atom. The summed E-state index contributed by atoms with van der Waals surface area (Å²) in [4.78, 5) is 12.3. The fourth-order valence-corrected chi connectivity index (χ4v) is 4.01. The highest BCUT2D eigenvalue weighted by Crippen LogP contribution is 2.27. The average Bonchev–Trinajstić information content (AvgIpc) is 3.23. The first-order valence-corrected chi connectivity index (χ1v) is 11.9. The fraction of sp³-hybridized carbons (Fsp3) is 0.360. The van der Waals surface area contributed by atoms with E-state index in [0.717, 1.165) is 22.7 Å². The van der Waals surface area contributed by atoms with Crippen LogP contribution in [-0.2, 0) is 16.8 Å². The molecule has 7 nitrogen and oxygen atoms in total. The Labute approximate surface area is 199 Å². The van der Waals surface area contributed by atoms with Gasteiger partial charge in [-0.25, -0.2) is 5.43 Å². The Kier molecular flexibility index (Phi) is 7.92. The molecule has 0 aliphatic carbocycles. The van der Waals surface area contributed by atoms with Gasteiger partial charge >= 0.3 is 0 Å². The number of hydrazone groups is 1. The molecule has 3 rings (SSSR count). The SMILES string of the molecule is CCn1c(SCC(=O)NN=C(C)c2ccc(OC)cc2)nnc1-c1ccc(C(C)(C)C)cc1. The smallest absolute Gasteiger partial charge is 0.250 e. The minimum Gasteiger partial charge on any atom is -0.497 e. The average molecular weight is 466 g/mol. The van der Waals surface area contributed by atoms with E-state index in [9.17, 15) is 4.79 Å². The largest absolute Gasteiger partial charge is 0.497 e. The molecule has 0 spiro atoms. The second-order valence-electron chi connectivity index (χ2n) is 8.63. The first kappa shape index (κ1) is 24.5. The molecule has 1 N–H and O–H groups in total. The molecule has 0 saturated heterocycles. The first-order chi connectivity index (χ1) is 15.7. The molecule has 1 aromatic heterocycles. The van der Waals surface area contributed by atoms with E-state index in [2.05, 4.69) is 65.8 Å². The number of ether oxygens (including phenoxy) is 1. The Morgan fingerprint density at radius 1 is 1.09 bits per heavy atom. The lowest BCUT2D eigenvalue weighted by Crippen LogP contribution is -2.21. The second kappa shape index (κ2) is 10.7. The van der Waals surface area contributed by atoms with Crippen LogP contribution < -0.4 is 10.2 Å². The van der Waals surface area contributed by atoms with E-state index < -0.39 is 0 Å². The summed E-state index contributed by atoms with van der Waals surface area (Å²) in [6.07, 6.45) is 0. The first-order valence-electron chi connectivity index (χ1n) is 10.9. The maximum atomic E-state index is 12.3. The molecule has 0 radical (unpaired) electrons. The maximum absolute atomic E-state index is 12.3. The van der Waals surface area contributed by atoms with Crippen LogP contribution in [0, 0.1) is 0 Å². The minimum absolute atomic E-state index is 0.0968. The van der Waals surface area contributed by atoms with E-state index in [1.54, 1.807) is 7.11 Å². The van der Waals surface area contributed by atoms with Crippen LogP contribution in [0.15, 0.2) is 58.8 Å². The van der Waals surface area contributed by atoms with Gasteiger partial charge in [-0.15, -0.1) is 10.2 Å². The van der Waals surface area contributed by atoms with Crippen molar-refractivity contribution in [2.45, 2.75) is 51.7 Å². The van der Waals surface area contributed by atoms with Gasteiger partial charge in [0, 0.05) is 12.1 Å². The number of hydrogen-bond donors (Lipinski definition) is 1. The molecule has 0 bridgehead atoms.